The molecular formula is C49H60N8O6. The van der Waals surface area contributed by atoms with Crippen molar-refractivity contribution in [3.63, 3.8) is 0 Å². The van der Waals surface area contributed by atoms with Gasteiger partial charge < -0.3 is 40.8 Å². The van der Waals surface area contributed by atoms with Gasteiger partial charge in [0.2, 0.25) is 17.7 Å². The minimum atomic E-state index is -0.796. The van der Waals surface area contributed by atoms with Gasteiger partial charge in [-0.05, 0) is 120 Å². The van der Waals surface area contributed by atoms with Gasteiger partial charge in [0.25, 0.3) is 0 Å². The Balaban J connectivity index is 0.990. The van der Waals surface area contributed by atoms with Crippen LogP contribution in [-0.2, 0) is 19.1 Å². The molecular weight excluding hydrogens is 797 g/mol. The minimum Gasteiger partial charge on any atom is -0.453 e. The molecule has 5 N–H and O–H groups in total. The summed E-state index contributed by atoms with van der Waals surface area (Å²) in [5, 5.41) is 11.1. The van der Waals surface area contributed by atoms with Crippen molar-refractivity contribution < 1.29 is 28.7 Å². The van der Waals surface area contributed by atoms with Gasteiger partial charge in [0, 0.05) is 25.8 Å². The average molecular weight is 857 g/mol. The molecule has 14 nitrogen and oxygen atoms in total. The third-order valence-corrected chi connectivity index (χ3v) is 13.6. The number of imidazole rings is 1. The number of ether oxygens (including phenoxy) is 1. The second-order valence-electron chi connectivity index (χ2n) is 18.2. The molecule has 2 aliphatic heterocycles. The van der Waals surface area contributed by atoms with Crippen molar-refractivity contribution in [2.45, 2.75) is 109 Å². The van der Waals surface area contributed by atoms with Crippen LogP contribution in [0, 0.1) is 11.8 Å². The normalized spacial score (nSPS) is 21.0. The lowest BCUT2D eigenvalue weighted by molar-refractivity contribution is -0.139. The van der Waals surface area contributed by atoms with Gasteiger partial charge in [0.15, 0.2) is 0 Å². The van der Waals surface area contributed by atoms with Crippen molar-refractivity contribution in [3.8, 4) is 33.5 Å². The number of H-pyrrole nitrogens is 1. The van der Waals surface area contributed by atoms with Gasteiger partial charge in [0.1, 0.15) is 23.9 Å². The van der Waals surface area contributed by atoms with E-state index in [0.29, 0.717) is 43.5 Å². The lowest BCUT2D eigenvalue weighted by Crippen LogP contribution is -2.54. The molecule has 6 unspecified atom stereocenters. The van der Waals surface area contributed by atoms with E-state index in [1.54, 1.807) is 11.9 Å². The number of aromatic amines is 1. The topological polar surface area (TPSA) is 178 Å². The summed E-state index contributed by atoms with van der Waals surface area (Å²) in [6, 6.07) is 18.5. The summed E-state index contributed by atoms with van der Waals surface area (Å²) in [5.41, 5.74) is 10.0. The molecule has 2 aliphatic carbocycles. The fraction of sp³-hybridized carbons (Fsp3) is 0.469. The number of fused-ring (bicyclic) bond motifs is 5. The number of hydrogen-bond donors (Lipinski definition) is 5. The quantitative estimate of drug-likeness (QED) is 0.0970. The Kier molecular flexibility index (Phi) is 12.6. The van der Waals surface area contributed by atoms with E-state index in [0.717, 1.165) is 53.9 Å². The highest BCUT2D eigenvalue weighted by Gasteiger charge is 2.42. The first kappa shape index (κ1) is 43.5. The molecule has 3 fully saturated rings. The summed E-state index contributed by atoms with van der Waals surface area (Å²) in [6.07, 6.45) is 7.53. The Hall–Kier alpha value is -6.18. The third kappa shape index (κ3) is 8.64. The molecule has 2 bridgehead atoms. The zero-order valence-corrected chi connectivity index (χ0v) is 37.1. The number of hydrogen-bond acceptors (Lipinski definition) is 7. The van der Waals surface area contributed by atoms with Gasteiger partial charge >= 0.3 is 12.1 Å². The highest BCUT2D eigenvalue weighted by molar-refractivity contribution is 5.99. The van der Waals surface area contributed by atoms with E-state index in [-0.39, 0.29) is 41.6 Å². The van der Waals surface area contributed by atoms with Gasteiger partial charge in [-0.1, -0.05) is 76.2 Å². The monoisotopic (exact) mass is 856 g/mol. The number of benzene rings is 3. The summed E-state index contributed by atoms with van der Waals surface area (Å²) in [7, 11) is 2.81. The molecule has 6 amide bonds. The van der Waals surface area contributed by atoms with Gasteiger partial charge in [-0.25, -0.2) is 14.6 Å². The SMILES string of the molecule is CNC(=O)NC(C(=O)N1CCCC1c1ncc(-c2ccc(-c3ccc(-c4cccc(NC(=O)C5CCCN5C(=O)C(NC(=O)OC)C(C)C)c4)c4c3C3CCC4C3)cc2)[nH]1)C(C)C. The zero-order chi connectivity index (χ0) is 44.5. The van der Waals surface area contributed by atoms with Crippen LogP contribution >= 0.6 is 0 Å². The molecule has 0 radical (unpaired) electrons. The van der Waals surface area contributed by atoms with Crippen molar-refractivity contribution in [1.29, 1.82) is 0 Å². The Morgan fingerprint density at radius 2 is 1.37 bits per heavy atom. The lowest BCUT2D eigenvalue weighted by atomic mass is 9.81. The first-order valence-corrected chi connectivity index (χ1v) is 22.5. The largest absolute Gasteiger partial charge is 0.453 e. The number of amides is 6. The van der Waals surface area contributed by atoms with Gasteiger partial charge in [-0.3, -0.25) is 14.4 Å². The van der Waals surface area contributed by atoms with Crippen molar-refractivity contribution >= 4 is 35.5 Å². The maximum atomic E-state index is 13.8. The van der Waals surface area contributed by atoms with E-state index in [1.807, 2.05) is 57.0 Å². The van der Waals surface area contributed by atoms with Crippen LogP contribution in [0.3, 0.4) is 0 Å². The fourth-order valence-electron chi connectivity index (χ4n) is 10.4. The predicted molar refractivity (Wildman–Crippen MR) is 242 cm³/mol. The molecule has 4 aromatic rings. The van der Waals surface area contributed by atoms with Crippen LogP contribution in [0.15, 0.2) is 66.9 Å². The number of likely N-dealkylation sites (tertiary alicyclic amines) is 2. The number of alkyl carbamates (subject to hydrolysis) is 1. The summed E-state index contributed by atoms with van der Waals surface area (Å²) in [6.45, 7) is 8.64. The van der Waals surface area contributed by atoms with E-state index in [9.17, 15) is 24.0 Å². The second-order valence-corrected chi connectivity index (χ2v) is 18.2. The highest BCUT2D eigenvalue weighted by atomic mass is 16.5. The maximum Gasteiger partial charge on any atom is 0.407 e. The molecule has 14 heteroatoms. The summed E-state index contributed by atoms with van der Waals surface area (Å²) in [5.74, 6) is 0.835. The van der Waals surface area contributed by atoms with Gasteiger partial charge in [0.05, 0.1) is 25.0 Å². The number of urea groups is 1. The van der Waals surface area contributed by atoms with E-state index >= 15 is 0 Å². The van der Waals surface area contributed by atoms with Crippen LogP contribution in [0.1, 0.15) is 107 Å². The van der Waals surface area contributed by atoms with Crippen molar-refractivity contribution in [3.05, 3.63) is 83.8 Å². The molecule has 63 heavy (non-hydrogen) atoms. The van der Waals surface area contributed by atoms with Crippen molar-refractivity contribution in [1.82, 2.24) is 35.7 Å². The molecule has 3 heterocycles. The number of aromatic nitrogens is 2. The van der Waals surface area contributed by atoms with Gasteiger partial charge in [-0.15, -0.1) is 0 Å². The summed E-state index contributed by atoms with van der Waals surface area (Å²) in [4.78, 5) is 77.0. The number of methoxy groups -OCH3 is 1. The molecule has 6 atom stereocenters. The Bertz CT molecular complexity index is 2370. The van der Waals surface area contributed by atoms with Crippen molar-refractivity contribution in [2.75, 3.05) is 32.6 Å². The Labute approximate surface area is 369 Å². The molecule has 8 rings (SSSR count). The van der Waals surface area contributed by atoms with E-state index in [4.69, 9.17) is 9.72 Å². The molecule has 332 valence electrons. The minimum absolute atomic E-state index is 0.0710. The number of carbonyl (C=O) groups is 5. The first-order chi connectivity index (χ1) is 30.4. The molecule has 1 saturated carbocycles. The smallest absolute Gasteiger partial charge is 0.407 e. The number of rotatable bonds is 12. The second kappa shape index (κ2) is 18.3. The number of anilines is 1. The van der Waals surface area contributed by atoms with Crippen LogP contribution in [-0.4, -0.2) is 95.0 Å². The summed E-state index contributed by atoms with van der Waals surface area (Å²) < 4.78 is 4.76. The molecule has 4 aliphatic rings. The molecule has 3 aromatic carbocycles. The number of nitrogens with zero attached hydrogens (tertiary/aromatic N) is 3. The lowest BCUT2D eigenvalue weighted by Gasteiger charge is -2.30. The Morgan fingerprint density at radius 1 is 0.746 bits per heavy atom. The first-order valence-electron chi connectivity index (χ1n) is 22.5. The third-order valence-electron chi connectivity index (χ3n) is 13.6. The molecule has 2 saturated heterocycles. The fourth-order valence-corrected chi connectivity index (χ4v) is 10.4. The summed E-state index contributed by atoms with van der Waals surface area (Å²) >= 11 is 0. The van der Waals surface area contributed by atoms with Crippen LogP contribution in [0.5, 0.6) is 0 Å². The van der Waals surface area contributed by atoms with E-state index in [1.165, 1.54) is 35.8 Å². The van der Waals surface area contributed by atoms with E-state index in [2.05, 4.69) is 68.7 Å². The van der Waals surface area contributed by atoms with Crippen LogP contribution in [0.4, 0.5) is 15.3 Å². The predicted octanol–water partition coefficient (Wildman–Crippen LogP) is 7.70. The van der Waals surface area contributed by atoms with Gasteiger partial charge in [-0.2, -0.15) is 0 Å². The van der Waals surface area contributed by atoms with Crippen LogP contribution in [0.25, 0.3) is 33.5 Å². The number of carbonyl (C=O) groups excluding carboxylic acids is 5. The maximum absolute atomic E-state index is 13.8. The zero-order valence-electron chi connectivity index (χ0n) is 37.1. The average Bonchev–Trinajstić information content (AvgIpc) is 4.15. The Morgan fingerprint density at radius 3 is 2.03 bits per heavy atom. The van der Waals surface area contributed by atoms with Crippen molar-refractivity contribution in [2.24, 2.45) is 11.8 Å². The molecule has 1 aromatic heterocycles. The van der Waals surface area contributed by atoms with Crippen LogP contribution < -0.4 is 21.3 Å². The van der Waals surface area contributed by atoms with Crippen LogP contribution in [0.2, 0.25) is 0 Å². The van der Waals surface area contributed by atoms with E-state index < -0.39 is 24.2 Å². The highest BCUT2D eigenvalue weighted by Crippen LogP contribution is 2.58. The molecule has 0 spiro atoms. The standard InChI is InChI=1S/C49H60N8O6/c1-27(2)42(54-48(61)50-5)46(59)56-22-8-12-38(56)44-51-26-37(53-44)30-16-14-29(15-17-30)35-20-21-36(41-33-19-18-32(24-33)40(35)41)31-10-7-11-34(25-31)52-45(58)39-13-9-23-57(39)47(60)43(28(3)4)55-49(62)63-6/h7,10-11,14-17,20-21,25-28,32-33,38-39,42-43H,8-9,12-13,18-19,22-24H2,1-6H3,(H,51,53)(H,52,58)(H,55,62)(H2,50,54,61). The number of nitrogens with one attached hydrogen (secondary N) is 5.